The Balaban J connectivity index is 1.68. The van der Waals surface area contributed by atoms with Crippen molar-refractivity contribution in [3.8, 4) is 0 Å². The Kier molecular flexibility index (Phi) is 3.94. The number of carbonyl (C=O) groups excluding carboxylic acids is 1. The zero-order valence-corrected chi connectivity index (χ0v) is 13.2. The van der Waals surface area contributed by atoms with Gasteiger partial charge < -0.3 is 10.0 Å². The summed E-state index contributed by atoms with van der Waals surface area (Å²) >= 11 is 0. The number of amides is 1. The molecule has 2 saturated carbocycles. The molecule has 0 radical (unpaired) electrons. The van der Waals surface area contributed by atoms with E-state index in [2.05, 4.69) is 19.1 Å². The predicted octanol–water partition coefficient (Wildman–Crippen LogP) is 2.81. The zero-order valence-electron chi connectivity index (χ0n) is 13.2. The molecule has 4 heteroatoms. The van der Waals surface area contributed by atoms with E-state index in [1.165, 1.54) is 11.1 Å². The van der Waals surface area contributed by atoms with Crippen molar-refractivity contribution in [2.24, 2.45) is 11.8 Å². The fourth-order valence-corrected chi connectivity index (χ4v) is 3.21. The number of hydrogen-bond acceptors (Lipinski definition) is 2. The average molecular weight is 301 g/mol. The van der Waals surface area contributed by atoms with Crippen molar-refractivity contribution < 1.29 is 14.7 Å². The van der Waals surface area contributed by atoms with Gasteiger partial charge in [0.05, 0.1) is 5.92 Å². The maximum Gasteiger partial charge on any atom is 0.308 e. The molecule has 22 heavy (non-hydrogen) atoms. The molecule has 1 aromatic carbocycles. The molecule has 2 aliphatic carbocycles. The number of benzene rings is 1. The second-order valence-corrected chi connectivity index (χ2v) is 6.77. The maximum atomic E-state index is 12.8. The van der Waals surface area contributed by atoms with Crippen LogP contribution in [-0.2, 0) is 9.59 Å². The lowest BCUT2D eigenvalue weighted by Crippen LogP contribution is -2.39. The molecule has 1 N–H and O–H groups in total. The summed E-state index contributed by atoms with van der Waals surface area (Å²) in [5.41, 5.74) is 2.50. The maximum absolute atomic E-state index is 12.8. The van der Waals surface area contributed by atoms with E-state index in [0.29, 0.717) is 12.5 Å². The molecular formula is C18H23NO3. The Morgan fingerprint density at radius 3 is 2.59 bits per heavy atom. The molecule has 0 aliphatic heterocycles. The first-order chi connectivity index (χ1) is 10.5. The van der Waals surface area contributed by atoms with Gasteiger partial charge in [-0.05, 0) is 43.2 Å². The Hall–Kier alpha value is -1.84. The van der Waals surface area contributed by atoms with Crippen molar-refractivity contribution in [1.29, 1.82) is 0 Å². The first-order valence-electron chi connectivity index (χ1n) is 8.08. The Labute approximate surface area is 131 Å². The minimum Gasteiger partial charge on any atom is -0.481 e. The van der Waals surface area contributed by atoms with Crippen LogP contribution in [0.4, 0.5) is 0 Å². The topological polar surface area (TPSA) is 57.6 Å². The predicted molar refractivity (Wildman–Crippen MR) is 83.6 cm³/mol. The number of aryl methyl sites for hydroxylation is 1. The number of carboxylic acids is 1. The van der Waals surface area contributed by atoms with Gasteiger partial charge in [-0.15, -0.1) is 0 Å². The van der Waals surface area contributed by atoms with Crippen LogP contribution in [0.1, 0.15) is 43.2 Å². The van der Waals surface area contributed by atoms with E-state index >= 15 is 0 Å². The van der Waals surface area contributed by atoms with Crippen LogP contribution in [-0.4, -0.2) is 34.5 Å². The zero-order chi connectivity index (χ0) is 15.9. The van der Waals surface area contributed by atoms with Crippen LogP contribution in [0.5, 0.6) is 0 Å². The molecule has 2 fully saturated rings. The molecule has 118 valence electrons. The van der Waals surface area contributed by atoms with Gasteiger partial charge in [-0.2, -0.15) is 0 Å². The molecule has 0 spiro atoms. The summed E-state index contributed by atoms with van der Waals surface area (Å²) in [6.07, 6.45) is 2.92. The van der Waals surface area contributed by atoms with Gasteiger partial charge in [-0.25, -0.2) is 0 Å². The van der Waals surface area contributed by atoms with Gasteiger partial charge in [0.25, 0.3) is 0 Å². The number of nitrogens with zero attached hydrogens (tertiary/aromatic N) is 1. The molecule has 0 saturated heterocycles. The van der Waals surface area contributed by atoms with Gasteiger partial charge in [0, 0.05) is 18.5 Å². The van der Waals surface area contributed by atoms with E-state index in [-0.39, 0.29) is 17.9 Å². The molecule has 3 rings (SSSR count). The first-order valence-corrected chi connectivity index (χ1v) is 8.08. The molecule has 0 heterocycles. The SMILES string of the molecule is Cc1ccccc1[C@@H]1C[C@H]1C(=O)N(C[C@@H](C)C(=O)O)C1CC1. The van der Waals surface area contributed by atoms with Crippen LogP contribution in [0.3, 0.4) is 0 Å². The molecule has 0 aromatic heterocycles. The van der Waals surface area contributed by atoms with Gasteiger partial charge in [0.15, 0.2) is 0 Å². The van der Waals surface area contributed by atoms with Crippen LogP contribution in [0.25, 0.3) is 0 Å². The lowest BCUT2D eigenvalue weighted by molar-refractivity contribution is -0.143. The van der Waals surface area contributed by atoms with E-state index in [1.54, 1.807) is 6.92 Å². The largest absolute Gasteiger partial charge is 0.481 e. The molecule has 2 aliphatic rings. The average Bonchev–Trinajstić information content (AvgIpc) is 3.37. The smallest absolute Gasteiger partial charge is 0.308 e. The molecule has 4 nitrogen and oxygen atoms in total. The second-order valence-electron chi connectivity index (χ2n) is 6.77. The number of carbonyl (C=O) groups is 2. The van der Waals surface area contributed by atoms with E-state index in [1.807, 2.05) is 17.0 Å². The number of aliphatic carboxylic acids is 1. The highest BCUT2D eigenvalue weighted by molar-refractivity contribution is 5.84. The van der Waals surface area contributed by atoms with Crippen molar-refractivity contribution in [1.82, 2.24) is 4.90 Å². The highest BCUT2D eigenvalue weighted by atomic mass is 16.4. The van der Waals surface area contributed by atoms with Crippen LogP contribution in [0.2, 0.25) is 0 Å². The van der Waals surface area contributed by atoms with Gasteiger partial charge in [0.2, 0.25) is 5.91 Å². The summed E-state index contributed by atoms with van der Waals surface area (Å²) in [5, 5.41) is 9.10. The normalized spacial score (nSPS) is 24.6. The van der Waals surface area contributed by atoms with Crippen molar-refractivity contribution >= 4 is 11.9 Å². The number of carboxylic acid groups (broad SMARTS) is 1. The highest BCUT2D eigenvalue weighted by Crippen LogP contribution is 2.50. The summed E-state index contributed by atoms with van der Waals surface area (Å²) in [5.74, 6) is -0.813. The number of rotatable bonds is 6. The van der Waals surface area contributed by atoms with E-state index in [0.717, 1.165) is 19.3 Å². The third-order valence-corrected chi connectivity index (χ3v) is 4.86. The lowest BCUT2D eigenvalue weighted by atomic mass is 10.0. The van der Waals surface area contributed by atoms with Crippen molar-refractivity contribution in [2.45, 2.75) is 45.1 Å². The lowest BCUT2D eigenvalue weighted by Gasteiger charge is -2.24. The molecule has 0 bridgehead atoms. The Bertz CT molecular complexity index is 594. The Morgan fingerprint density at radius 2 is 2.00 bits per heavy atom. The summed E-state index contributed by atoms with van der Waals surface area (Å²) in [6, 6.07) is 8.50. The summed E-state index contributed by atoms with van der Waals surface area (Å²) in [7, 11) is 0. The fourth-order valence-electron chi connectivity index (χ4n) is 3.21. The monoisotopic (exact) mass is 301 g/mol. The van der Waals surface area contributed by atoms with Crippen molar-refractivity contribution in [2.75, 3.05) is 6.54 Å². The second kappa shape index (κ2) is 5.75. The summed E-state index contributed by atoms with van der Waals surface area (Å²) in [6.45, 7) is 4.10. The fraction of sp³-hybridized carbons (Fsp3) is 0.556. The van der Waals surface area contributed by atoms with Crippen LogP contribution in [0.15, 0.2) is 24.3 Å². The van der Waals surface area contributed by atoms with Crippen LogP contribution in [0, 0.1) is 18.8 Å². The van der Waals surface area contributed by atoms with Gasteiger partial charge in [0.1, 0.15) is 0 Å². The third kappa shape index (κ3) is 3.01. The van der Waals surface area contributed by atoms with E-state index in [4.69, 9.17) is 5.11 Å². The molecular weight excluding hydrogens is 278 g/mol. The van der Waals surface area contributed by atoms with Crippen LogP contribution >= 0.6 is 0 Å². The number of hydrogen-bond donors (Lipinski definition) is 1. The van der Waals surface area contributed by atoms with Crippen LogP contribution < -0.4 is 0 Å². The quantitative estimate of drug-likeness (QED) is 0.879. The van der Waals surface area contributed by atoms with Crippen molar-refractivity contribution in [3.63, 3.8) is 0 Å². The Morgan fingerprint density at radius 1 is 1.32 bits per heavy atom. The van der Waals surface area contributed by atoms with Gasteiger partial charge in [-0.3, -0.25) is 9.59 Å². The molecule has 0 unspecified atom stereocenters. The van der Waals surface area contributed by atoms with E-state index < -0.39 is 11.9 Å². The van der Waals surface area contributed by atoms with Gasteiger partial charge in [-0.1, -0.05) is 31.2 Å². The van der Waals surface area contributed by atoms with Crippen molar-refractivity contribution in [3.05, 3.63) is 35.4 Å². The minimum atomic E-state index is -0.829. The highest BCUT2D eigenvalue weighted by Gasteiger charge is 2.48. The molecule has 1 aromatic rings. The third-order valence-electron chi connectivity index (χ3n) is 4.86. The van der Waals surface area contributed by atoms with Gasteiger partial charge >= 0.3 is 5.97 Å². The summed E-state index contributed by atoms with van der Waals surface area (Å²) < 4.78 is 0. The molecule has 3 atom stereocenters. The standard InChI is InChI=1S/C18H23NO3/c1-11-5-3-4-6-14(11)15-9-16(15)17(20)19(13-7-8-13)10-12(2)18(21)22/h3-6,12-13,15-16H,7-10H2,1-2H3,(H,21,22)/t12-,15+,16-/m1/s1. The first kappa shape index (κ1) is 15.1. The summed E-state index contributed by atoms with van der Waals surface area (Å²) in [4.78, 5) is 25.7. The minimum absolute atomic E-state index is 0.0442. The molecule has 1 amide bonds. The van der Waals surface area contributed by atoms with E-state index in [9.17, 15) is 9.59 Å².